The highest BCUT2D eigenvalue weighted by Crippen LogP contribution is 2.18. The van der Waals surface area contributed by atoms with Gasteiger partial charge in [0, 0.05) is 24.5 Å². The van der Waals surface area contributed by atoms with Crippen LogP contribution in [0.4, 0.5) is 11.4 Å². The molecule has 25 heavy (non-hydrogen) atoms. The fraction of sp³-hybridized carbons (Fsp3) is 0.158. The second-order valence-corrected chi connectivity index (χ2v) is 5.73. The monoisotopic (exact) mass is 336 g/mol. The number of carbonyl (C=O) groups is 1. The Labute approximate surface area is 146 Å². The summed E-state index contributed by atoms with van der Waals surface area (Å²) in [6.07, 6.45) is 3.56. The lowest BCUT2D eigenvalue weighted by atomic mass is 10.1. The molecule has 0 spiro atoms. The summed E-state index contributed by atoms with van der Waals surface area (Å²) in [5, 5.41) is 19.8. The van der Waals surface area contributed by atoms with Crippen molar-refractivity contribution in [3.63, 3.8) is 0 Å². The van der Waals surface area contributed by atoms with Crippen molar-refractivity contribution >= 4 is 17.3 Å². The van der Waals surface area contributed by atoms with Crippen LogP contribution in [0.25, 0.3) is 0 Å². The molecule has 1 amide bonds. The molecule has 1 aromatic heterocycles. The highest BCUT2D eigenvalue weighted by molar-refractivity contribution is 5.95. The van der Waals surface area contributed by atoms with Gasteiger partial charge in [0.2, 0.25) is 0 Å². The predicted octanol–water partition coefficient (Wildman–Crippen LogP) is 2.63. The van der Waals surface area contributed by atoms with Crippen LogP contribution in [0.1, 0.15) is 22.0 Å². The zero-order chi connectivity index (χ0) is 17.6. The molecule has 0 saturated heterocycles. The van der Waals surface area contributed by atoms with Gasteiger partial charge in [-0.2, -0.15) is 5.10 Å². The number of aliphatic hydroxyl groups excluding tert-OH is 1. The maximum atomic E-state index is 12.5. The fourth-order valence-electron chi connectivity index (χ4n) is 2.55. The predicted molar refractivity (Wildman–Crippen MR) is 96.7 cm³/mol. The Morgan fingerprint density at radius 2 is 1.96 bits per heavy atom. The first-order valence-electron chi connectivity index (χ1n) is 7.98. The third kappa shape index (κ3) is 4.24. The topological polar surface area (TPSA) is 79.2 Å². The van der Waals surface area contributed by atoms with Crippen LogP contribution in [0.5, 0.6) is 0 Å². The minimum absolute atomic E-state index is 0.163. The van der Waals surface area contributed by atoms with Gasteiger partial charge in [-0.3, -0.25) is 9.48 Å². The number of rotatable bonds is 6. The van der Waals surface area contributed by atoms with Crippen molar-refractivity contribution in [2.45, 2.75) is 6.04 Å². The first kappa shape index (κ1) is 16.7. The highest BCUT2D eigenvalue weighted by Gasteiger charge is 2.15. The lowest BCUT2D eigenvalue weighted by Gasteiger charge is -2.17. The molecule has 3 rings (SSSR count). The molecule has 0 saturated carbocycles. The molecule has 1 heterocycles. The van der Waals surface area contributed by atoms with Gasteiger partial charge in [-0.05, 0) is 23.8 Å². The van der Waals surface area contributed by atoms with E-state index in [9.17, 15) is 9.90 Å². The third-order valence-electron chi connectivity index (χ3n) is 3.81. The average Bonchev–Trinajstić information content (AvgIpc) is 3.05. The number of nitrogens with one attached hydrogen (secondary N) is 2. The molecule has 6 heteroatoms. The third-order valence-corrected chi connectivity index (χ3v) is 3.81. The molecule has 1 atom stereocenters. The van der Waals surface area contributed by atoms with E-state index in [1.807, 2.05) is 55.7 Å². The second kappa shape index (κ2) is 7.63. The Bertz CT molecular complexity index is 845. The number of hydrogen-bond donors (Lipinski definition) is 3. The minimum atomic E-state index is -0.441. The average molecular weight is 336 g/mol. The molecule has 3 N–H and O–H groups in total. The van der Waals surface area contributed by atoms with E-state index in [-0.39, 0.29) is 12.5 Å². The van der Waals surface area contributed by atoms with Crippen LogP contribution >= 0.6 is 0 Å². The van der Waals surface area contributed by atoms with Crippen molar-refractivity contribution in [1.29, 1.82) is 0 Å². The van der Waals surface area contributed by atoms with Crippen LogP contribution in [-0.4, -0.2) is 27.4 Å². The molecule has 2 aromatic carbocycles. The summed E-state index contributed by atoms with van der Waals surface area (Å²) in [7, 11) is 1.84. The number of anilines is 2. The molecule has 0 aliphatic carbocycles. The molecule has 0 radical (unpaired) electrons. The largest absolute Gasteiger partial charge is 0.394 e. The van der Waals surface area contributed by atoms with E-state index in [1.54, 1.807) is 23.0 Å². The quantitative estimate of drug-likeness (QED) is 0.646. The van der Waals surface area contributed by atoms with E-state index in [2.05, 4.69) is 15.7 Å². The van der Waals surface area contributed by atoms with Crippen LogP contribution < -0.4 is 10.6 Å². The van der Waals surface area contributed by atoms with Crippen LogP contribution in [0, 0.1) is 0 Å². The Hall–Kier alpha value is -3.12. The number of amides is 1. The lowest BCUT2D eigenvalue weighted by molar-refractivity contribution is 0.0916. The van der Waals surface area contributed by atoms with Crippen LogP contribution in [0.3, 0.4) is 0 Å². The number of benzene rings is 2. The second-order valence-electron chi connectivity index (χ2n) is 5.73. The zero-order valence-electron chi connectivity index (χ0n) is 13.9. The van der Waals surface area contributed by atoms with Gasteiger partial charge in [0.25, 0.3) is 5.91 Å². The minimum Gasteiger partial charge on any atom is -0.394 e. The van der Waals surface area contributed by atoms with Crippen molar-refractivity contribution in [3.05, 3.63) is 78.1 Å². The first-order valence-corrected chi connectivity index (χ1v) is 7.98. The van der Waals surface area contributed by atoms with Crippen LogP contribution in [0.15, 0.2) is 67.0 Å². The molecule has 0 aliphatic rings. The fourth-order valence-corrected chi connectivity index (χ4v) is 2.55. The summed E-state index contributed by atoms with van der Waals surface area (Å²) in [5.74, 6) is -0.238. The first-order chi connectivity index (χ1) is 12.2. The standard InChI is InChI=1S/C19H20N4O2/c1-23-12-17(11-20-23)21-16-9-5-8-15(10-16)19(25)22-18(13-24)14-6-3-2-4-7-14/h2-12,18,21,24H,13H2,1H3,(H,22,25). The van der Waals surface area contributed by atoms with Crippen molar-refractivity contribution in [1.82, 2.24) is 15.1 Å². The van der Waals surface area contributed by atoms with Crippen LogP contribution in [-0.2, 0) is 7.05 Å². The molecular formula is C19H20N4O2. The maximum Gasteiger partial charge on any atom is 0.251 e. The van der Waals surface area contributed by atoms with Crippen molar-refractivity contribution in [2.24, 2.45) is 7.05 Å². The van der Waals surface area contributed by atoms with Crippen molar-refractivity contribution in [3.8, 4) is 0 Å². The summed E-state index contributed by atoms with van der Waals surface area (Å²) in [6, 6.07) is 16.2. The molecule has 6 nitrogen and oxygen atoms in total. The summed E-state index contributed by atoms with van der Waals surface area (Å²) in [4.78, 5) is 12.5. The molecule has 1 unspecified atom stereocenters. The summed E-state index contributed by atoms with van der Waals surface area (Å²) >= 11 is 0. The Morgan fingerprint density at radius 1 is 1.16 bits per heavy atom. The van der Waals surface area contributed by atoms with Crippen LogP contribution in [0.2, 0.25) is 0 Å². The zero-order valence-corrected chi connectivity index (χ0v) is 13.9. The molecule has 128 valence electrons. The van der Waals surface area contributed by atoms with E-state index in [1.165, 1.54) is 0 Å². The van der Waals surface area contributed by atoms with Crippen molar-refractivity contribution < 1.29 is 9.90 Å². The number of hydrogen-bond acceptors (Lipinski definition) is 4. The van der Waals surface area contributed by atoms with Gasteiger partial charge in [-0.1, -0.05) is 36.4 Å². The highest BCUT2D eigenvalue weighted by atomic mass is 16.3. The molecule has 3 aromatic rings. The van der Waals surface area contributed by atoms with Gasteiger partial charge < -0.3 is 15.7 Å². The van der Waals surface area contributed by atoms with E-state index in [0.717, 1.165) is 16.9 Å². The van der Waals surface area contributed by atoms with E-state index < -0.39 is 6.04 Å². The van der Waals surface area contributed by atoms with Gasteiger partial charge in [0.15, 0.2) is 0 Å². The summed E-state index contributed by atoms with van der Waals surface area (Å²) in [6.45, 7) is -0.163. The lowest BCUT2D eigenvalue weighted by Crippen LogP contribution is -2.30. The summed E-state index contributed by atoms with van der Waals surface area (Å²) < 4.78 is 1.70. The van der Waals surface area contributed by atoms with Gasteiger partial charge in [0.05, 0.1) is 24.5 Å². The maximum absolute atomic E-state index is 12.5. The number of carbonyl (C=O) groups excluding carboxylic acids is 1. The van der Waals surface area contributed by atoms with E-state index in [4.69, 9.17) is 0 Å². The number of aliphatic hydroxyl groups is 1. The molecule has 0 aliphatic heterocycles. The Kier molecular flexibility index (Phi) is 5.11. The van der Waals surface area contributed by atoms with Gasteiger partial charge >= 0.3 is 0 Å². The van der Waals surface area contributed by atoms with E-state index >= 15 is 0 Å². The van der Waals surface area contributed by atoms with Crippen molar-refractivity contribution in [2.75, 3.05) is 11.9 Å². The normalized spacial score (nSPS) is 11.8. The van der Waals surface area contributed by atoms with Gasteiger partial charge in [0.1, 0.15) is 0 Å². The number of aromatic nitrogens is 2. The number of aryl methyl sites for hydroxylation is 1. The smallest absolute Gasteiger partial charge is 0.251 e. The van der Waals surface area contributed by atoms with Gasteiger partial charge in [-0.15, -0.1) is 0 Å². The van der Waals surface area contributed by atoms with Gasteiger partial charge in [-0.25, -0.2) is 0 Å². The Balaban J connectivity index is 1.72. The van der Waals surface area contributed by atoms with E-state index in [0.29, 0.717) is 5.56 Å². The molecule has 0 bridgehead atoms. The Morgan fingerprint density at radius 3 is 2.64 bits per heavy atom. The SMILES string of the molecule is Cn1cc(Nc2cccc(C(=O)NC(CO)c3ccccc3)c2)cn1. The number of nitrogens with zero attached hydrogens (tertiary/aromatic N) is 2. The summed E-state index contributed by atoms with van der Waals surface area (Å²) in [5.41, 5.74) is 3.02. The molecular weight excluding hydrogens is 316 g/mol. The molecule has 0 fully saturated rings.